The summed E-state index contributed by atoms with van der Waals surface area (Å²) in [7, 11) is 1.93. The van der Waals surface area contributed by atoms with E-state index < -0.39 is 0 Å². The van der Waals surface area contributed by atoms with Gasteiger partial charge in [-0.3, -0.25) is 0 Å². The molecular formula is C13H18FNO. The molecule has 2 rings (SSSR count). The van der Waals surface area contributed by atoms with Crippen LogP contribution >= 0.6 is 0 Å². The van der Waals surface area contributed by atoms with E-state index in [2.05, 4.69) is 19.2 Å². The van der Waals surface area contributed by atoms with E-state index in [1.807, 2.05) is 13.1 Å². The molecule has 88 valence electrons. The smallest absolute Gasteiger partial charge is 0.127 e. The maximum atomic E-state index is 13.2. The highest BCUT2D eigenvalue weighted by Gasteiger charge is 2.29. The predicted molar refractivity (Wildman–Crippen MR) is 62.1 cm³/mol. The maximum Gasteiger partial charge on any atom is 0.127 e. The summed E-state index contributed by atoms with van der Waals surface area (Å²) in [6, 6.07) is 5.04. The van der Waals surface area contributed by atoms with Gasteiger partial charge in [-0.05, 0) is 19.0 Å². The van der Waals surface area contributed by atoms with Crippen molar-refractivity contribution in [2.75, 3.05) is 7.05 Å². The molecule has 1 aliphatic heterocycles. The van der Waals surface area contributed by atoms with Crippen molar-refractivity contribution in [1.29, 1.82) is 0 Å². The maximum absolute atomic E-state index is 13.2. The van der Waals surface area contributed by atoms with Gasteiger partial charge in [-0.25, -0.2) is 4.39 Å². The van der Waals surface area contributed by atoms with Gasteiger partial charge in [-0.2, -0.15) is 0 Å². The van der Waals surface area contributed by atoms with E-state index in [4.69, 9.17) is 4.74 Å². The van der Waals surface area contributed by atoms with Gasteiger partial charge in [-0.15, -0.1) is 0 Å². The average Bonchev–Trinajstić information content (AvgIpc) is 2.26. The Hall–Kier alpha value is -1.09. The van der Waals surface area contributed by atoms with Crippen LogP contribution in [0.5, 0.6) is 5.75 Å². The molecule has 0 spiro atoms. The van der Waals surface area contributed by atoms with Crippen LogP contribution in [-0.2, 0) is 0 Å². The van der Waals surface area contributed by atoms with Crippen LogP contribution in [0.3, 0.4) is 0 Å². The molecule has 16 heavy (non-hydrogen) atoms. The summed E-state index contributed by atoms with van der Waals surface area (Å²) < 4.78 is 19.0. The zero-order valence-corrected chi connectivity index (χ0v) is 9.96. The van der Waals surface area contributed by atoms with Crippen molar-refractivity contribution in [2.24, 2.45) is 5.92 Å². The molecule has 0 amide bonds. The SMILES string of the molecule is CNC1CC(C(C)C)Oc2cc(F)ccc21. The topological polar surface area (TPSA) is 21.3 Å². The molecule has 1 aromatic carbocycles. The average molecular weight is 223 g/mol. The van der Waals surface area contributed by atoms with Crippen LogP contribution in [0.4, 0.5) is 4.39 Å². The first kappa shape index (κ1) is 11.4. The van der Waals surface area contributed by atoms with Crippen molar-refractivity contribution in [3.05, 3.63) is 29.6 Å². The highest BCUT2D eigenvalue weighted by atomic mass is 19.1. The molecule has 3 heteroatoms. The molecule has 0 aliphatic carbocycles. The number of halogens is 1. The van der Waals surface area contributed by atoms with E-state index in [1.54, 1.807) is 0 Å². The summed E-state index contributed by atoms with van der Waals surface area (Å²) in [5.41, 5.74) is 1.06. The van der Waals surface area contributed by atoms with Crippen molar-refractivity contribution in [1.82, 2.24) is 5.32 Å². The van der Waals surface area contributed by atoms with Crippen molar-refractivity contribution < 1.29 is 9.13 Å². The standard InChI is InChI=1S/C13H18FNO/c1-8(2)12-7-11(15-3)10-5-4-9(14)6-13(10)16-12/h4-6,8,11-12,15H,7H2,1-3H3. The Morgan fingerprint density at radius 1 is 1.44 bits per heavy atom. The summed E-state index contributed by atoms with van der Waals surface area (Å²) in [5.74, 6) is 0.884. The van der Waals surface area contributed by atoms with Crippen LogP contribution in [0.15, 0.2) is 18.2 Å². The minimum absolute atomic E-state index is 0.159. The normalized spacial score (nSPS) is 24.1. The monoisotopic (exact) mass is 223 g/mol. The molecule has 2 unspecified atom stereocenters. The van der Waals surface area contributed by atoms with Gasteiger partial charge in [0.2, 0.25) is 0 Å². The molecule has 2 atom stereocenters. The van der Waals surface area contributed by atoms with E-state index in [-0.39, 0.29) is 18.0 Å². The summed E-state index contributed by atoms with van der Waals surface area (Å²) in [6.07, 6.45) is 1.10. The first-order valence-corrected chi connectivity index (χ1v) is 5.75. The van der Waals surface area contributed by atoms with Crippen LogP contribution < -0.4 is 10.1 Å². The molecule has 0 fully saturated rings. The van der Waals surface area contributed by atoms with E-state index >= 15 is 0 Å². The minimum Gasteiger partial charge on any atom is -0.490 e. The van der Waals surface area contributed by atoms with Gasteiger partial charge in [0.15, 0.2) is 0 Å². The number of ether oxygens (including phenoxy) is 1. The van der Waals surface area contributed by atoms with E-state index in [0.29, 0.717) is 11.7 Å². The number of hydrogen-bond acceptors (Lipinski definition) is 2. The van der Waals surface area contributed by atoms with E-state index in [1.165, 1.54) is 12.1 Å². The summed E-state index contributed by atoms with van der Waals surface area (Å²) in [6.45, 7) is 4.25. The molecule has 0 bridgehead atoms. The Balaban J connectivity index is 2.34. The molecule has 1 heterocycles. The first-order chi connectivity index (χ1) is 7.61. The molecular weight excluding hydrogens is 205 g/mol. The van der Waals surface area contributed by atoms with Crippen molar-refractivity contribution in [2.45, 2.75) is 32.4 Å². The minimum atomic E-state index is -0.238. The predicted octanol–water partition coefficient (Wildman–Crippen LogP) is 2.89. The van der Waals surface area contributed by atoms with Crippen LogP contribution in [-0.4, -0.2) is 13.2 Å². The number of fused-ring (bicyclic) bond motifs is 1. The second-order valence-electron chi connectivity index (χ2n) is 4.66. The second-order valence-corrected chi connectivity index (χ2v) is 4.66. The number of nitrogens with one attached hydrogen (secondary N) is 1. The van der Waals surface area contributed by atoms with E-state index in [0.717, 1.165) is 12.0 Å². The molecule has 0 saturated carbocycles. The third-order valence-electron chi connectivity index (χ3n) is 3.19. The van der Waals surface area contributed by atoms with Crippen LogP contribution in [0, 0.1) is 11.7 Å². The quantitative estimate of drug-likeness (QED) is 0.832. The fourth-order valence-electron chi connectivity index (χ4n) is 2.15. The van der Waals surface area contributed by atoms with Gasteiger partial charge >= 0.3 is 0 Å². The van der Waals surface area contributed by atoms with E-state index in [9.17, 15) is 4.39 Å². The van der Waals surface area contributed by atoms with Crippen molar-refractivity contribution in [3.63, 3.8) is 0 Å². The number of benzene rings is 1. The Morgan fingerprint density at radius 3 is 2.81 bits per heavy atom. The Bertz CT molecular complexity index is 378. The summed E-state index contributed by atoms with van der Waals surface area (Å²) in [5, 5.41) is 3.26. The van der Waals surface area contributed by atoms with Crippen LogP contribution in [0.2, 0.25) is 0 Å². The largest absolute Gasteiger partial charge is 0.490 e. The lowest BCUT2D eigenvalue weighted by Crippen LogP contribution is -2.34. The lowest BCUT2D eigenvalue weighted by Gasteiger charge is -2.34. The van der Waals surface area contributed by atoms with Gasteiger partial charge in [0.05, 0.1) is 0 Å². The first-order valence-electron chi connectivity index (χ1n) is 5.75. The molecule has 0 saturated heterocycles. The lowest BCUT2D eigenvalue weighted by atomic mass is 9.91. The second kappa shape index (κ2) is 4.42. The zero-order chi connectivity index (χ0) is 11.7. The van der Waals surface area contributed by atoms with Gasteiger partial charge in [0.25, 0.3) is 0 Å². The molecule has 1 aliphatic rings. The molecule has 1 aromatic rings. The Kier molecular flexibility index (Phi) is 3.15. The highest BCUT2D eigenvalue weighted by Crippen LogP contribution is 2.36. The lowest BCUT2D eigenvalue weighted by molar-refractivity contribution is 0.108. The van der Waals surface area contributed by atoms with Crippen LogP contribution in [0.25, 0.3) is 0 Å². The Morgan fingerprint density at radius 2 is 2.19 bits per heavy atom. The number of hydrogen-bond donors (Lipinski definition) is 1. The zero-order valence-electron chi connectivity index (χ0n) is 9.96. The number of rotatable bonds is 2. The molecule has 1 N–H and O–H groups in total. The third-order valence-corrected chi connectivity index (χ3v) is 3.19. The van der Waals surface area contributed by atoms with Gasteiger partial charge in [0.1, 0.15) is 17.7 Å². The molecule has 0 radical (unpaired) electrons. The third kappa shape index (κ3) is 2.05. The molecule has 0 aromatic heterocycles. The van der Waals surface area contributed by atoms with Gasteiger partial charge in [-0.1, -0.05) is 19.9 Å². The van der Waals surface area contributed by atoms with Crippen molar-refractivity contribution in [3.8, 4) is 5.75 Å². The van der Waals surface area contributed by atoms with Gasteiger partial charge < -0.3 is 10.1 Å². The van der Waals surface area contributed by atoms with Gasteiger partial charge in [0, 0.05) is 24.1 Å². The fraction of sp³-hybridized carbons (Fsp3) is 0.538. The molecule has 2 nitrogen and oxygen atoms in total. The Labute approximate surface area is 95.8 Å². The fourth-order valence-corrected chi connectivity index (χ4v) is 2.15. The highest BCUT2D eigenvalue weighted by molar-refractivity contribution is 5.38. The van der Waals surface area contributed by atoms with Crippen molar-refractivity contribution >= 4 is 0 Å². The summed E-state index contributed by atoms with van der Waals surface area (Å²) in [4.78, 5) is 0. The summed E-state index contributed by atoms with van der Waals surface area (Å²) >= 11 is 0. The van der Waals surface area contributed by atoms with Crippen LogP contribution in [0.1, 0.15) is 31.9 Å².